The summed E-state index contributed by atoms with van der Waals surface area (Å²) >= 11 is 0. The molecule has 0 aliphatic carbocycles. The van der Waals surface area contributed by atoms with Crippen LogP contribution < -0.4 is 0 Å². The lowest BCUT2D eigenvalue weighted by Crippen LogP contribution is -2.74. The normalized spacial score (nSPS) is 16.5. The Morgan fingerprint density at radius 2 is 0.561 bits per heavy atom. The summed E-state index contributed by atoms with van der Waals surface area (Å²) in [5, 5.41) is 171. The third-order valence-electron chi connectivity index (χ3n) is 21.8. The molecule has 0 aliphatic heterocycles. The molecule has 0 rings (SSSR count). The van der Waals surface area contributed by atoms with Gasteiger partial charge in [0.1, 0.15) is 42.2 Å². The first-order valence-corrected chi connectivity index (χ1v) is 43.2. The first kappa shape index (κ1) is 105. The van der Waals surface area contributed by atoms with Gasteiger partial charge in [0.05, 0.1) is 96.6 Å². The average Bonchev–Trinajstić information content (AvgIpc) is 0.699. The van der Waals surface area contributed by atoms with Crippen LogP contribution in [0.3, 0.4) is 0 Å². The predicted octanol–water partition coefficient (Wildman–Crippen LogP) is 12.1. The number of esters is 3. The molecule has 0 aliphatic rings. The minimum absolute atomic E-state index is 0.102. The second kappa shape index (κ2) is 70.4. The van der Waals surface area contributed by atoms with Gasteiger partial charge in [-0.1, -0.05) is 290 Å². The van der Waals surface area contributed by atoms with Gasteiger partial charge in [-0.2, -0.15) is 0 Å². The van der Waals surface area contributed by atoms with Gasteiger partial charge in [-0.3, -0.25) is 14.4 Å². The van der Waals surface area contributed by atoms with Gasteiger partial charge in [-0.05, 0) is 38.5 Å². The van der Waals surface area contributed by atoms with E-state index in [0.717, 1.165) is 96.3 Å². The number of ether oxygens (including phenoxy) is 5. The minimum Gasteiger partial charge on any atom is -0.462 e. The number of hydrogen-bond acceptors (Lipinski definition) is 23. The summed E-state index contributed by atoms with van der Waals surface area (Å²) in [7, 11) is 0. The summed E-state index contributed by atoms with van der Waals surface area (Å²) < 4.78 is 32.6. The second-order valence-corrected chi connectivity index (χ2v) is 31.4. The molecule has 15 N–H and O–H groups in total. The maximum Gasteiger partial charge on any atom is 0.306 e. The van der Waals surface area contributed by atoms with Crippen LogP contribution >= 0.6 is 0 Å². The van der Waals surface area contributed by atoms with Crippen molar-refractivity contribution in [2.24, 2.45) is 11.3 Å². The molecule has 0 bridgehead atoms. The molecule has 0 amide bonds. The molecule has 0 aromatic rings. The van der Waals surface area contributed by atoms with Gasteiger partial charge in [0, 0.05) is 49.9 Å². The maximum absolute atomic E-state index is 14.9. The fourth-order valence-corrected chi connectivity index (χ4v) is 15.7. The van der Waals surface area contributed by atoms with Crippen LogP contribution in [0.25, 0.3) is 0 Å². The molecule has 23 nitrogen and oxygen atoms in total. The number of carbonyl (C=O) groups is 3. The molecule has 0 radical (unpaired) electrons. The van der Waals surface area contributed by atoms with Gasteiger partial charge < -0.3 is 100 Å². The summed E-state index contributed by atoms with van der Waals surface area (Å²) in [5.41, 5.74) is -8.45. The number of hydrogen-bond donors (Lipinski definition) is 15. The van der Waals surface area contributed by atoms with Gasteiger partial charge in [0.15, 0.2) is 0 Å². The number of carbonyl (C=O) groups excluding carboxylic acids is 3. The van der Waals surface area contributed by atoms with Crippen molar-refractivity contribution in [3.63, 3.8) is 0 Å². The second-order valence-electron chi connectivity index (χ2n) is 31.4. The van der Waals surface area contributed by atoms with Crippen molar-refractivity contribution in [1.82, 2.24) is 0 Å². The van der Waals surface area contributed by atoms with Crippen LogP contribution in [-0.2, 0) is 38.1 Å². The van der Waals surface area contributed by atoms with Crippen LogP contribution in [0.2, 0.25) is 0 Å². The average molecular weight is 1540 g/mol. The van der Waals surface area contributed by atoms with Crippen molar-refractivity contribution >= 4 is 17.9 Å². The molecule has 0 aromatic carbocycles. The fourth-order valence-electron chi connectivity index (χ4n) is 15.7. The van der Waals surface area contributed by atoms with Crippen molar-refractivity contribution < 1.29 is 115 Å². The monoisotopic (exact) mass is 1540 g/mol. The Labute approximate surface area is 647 Å². The first-order chi connectivity index (χ1) is 51.8. The van der Waals surface area contributed by atoms with E-state index in [1.165, 1.54) is 154 Å². The van der Waals surface area contributed by atoms with Crippen LogP contribution in [0.15, 0.2) is 0 Å². The predicted molar refractivity (Wildman–Crippen MR) is 419 cm³/mol. The minimum atomic E-state index is -2.99. The Kier molecular flexibility index (Phi) is 68.9. The number of aliphatic hydroxyl groups excluding tert-OH is 15. The van der Waals surface area contributed by atoms with Gasteiger partial charge in [-0.25, -0.2) is 0 Å². The van der Waals surface area contributed by atoms with E-state index in [2.05, 4.69) is 20.8 Å². The van der Waals surface area contributed by atoms with Crippen molar-refractivity contribution in [2.45, 2.75) is 434 Å². The first-order valence-electron chi connectivity index (χ1n) is 43.2. The van der Waals surface area contributed by atoms with Gasteiger partial charge in [0.25, 0.3) is 0 Å². The molecule has 12 atom stereocenters. The van der Waals surface area contributed by atoms with Crippen LogP contribution in [-0.4, -0.2) is 233 Å². The van der Waals surface area contributed by atoms with Crippen LogP contribution in [0.1, 0.15) is 367 Å². The Morgan fingerprint density at radius 3 is 0.879 bits per heavy atom. The van der Waals surface area contributed by atoms with Crippen molar-refractivity contribution in [1.29, 1.82) is 0 Å². The van der Waals surface area contributed by atoms with E-state index in [1.54, 1.807) is 0 Å². The lowest BCUT2D eigenvalue weighted by Gasteiger charge is -2.64. The van der Waals surface area contributed by atoms with Crippen molar-refractivity contribution in [3.8, 4) is 0 Å². The largest absolute Gasteiger partial charge is 0.462 e. The highest BCUT2D eigenvalue weighted by molar-refractivity contribution is 5.70. The molecule has 12 unspecified atom stereocenters. The summed E-state index contributed by atoms with van der Waals surface area (Å²) in [5.74, 6) is -4.34. The van der Waals surface area contributed by atoms with E-state index < -0.39 is 207 Å². The molecule has 0 aromatic heterocycles. The van der Waals surface area contributed by atoms with E-state index in [1.807, 2.05) is 0 Å². The molecule has 0 saturated carbocycles. The standard InChI is InChI=1S/C84H164O23/c1-4-7-10-13-16-19-22-25-28-31-34-37-40-43-46-49-79(100)103-68-78(107-81(102)51-48-45-42-39-36-33-30-27-24-21-18-15-12-9-6-3)77(52-69(93)58-85)82(53-70(94)59-86,57-76(65-92)106-80(101)50-47-44-41-38-35-32-29-26-23-20-17-14-11-8-5-2)84(56-73(97)62-89,105-67-75(99)64-91)83(54-71(95)60-87,55-72(96)61-88)104-66-74(98)63-90/h69-78,85-99H,4-68H2,1-3H3. The summed E-state index contributed by atoms with van der Waals surface area (Å²) in [4.78, 5) is 43.6. The van der Waals surface area contributed by atoms with E-state index in [0.29, 0.717) is 38.5 Å². The number of unbranched alkanes of at least 4 members (excludes halogenated alkanes) is 42. The van der Waals surface area contributed by atoms with Crippen LogP contribution in [0, 0.1) is 11.3 Å². The van der Waals surface area contributed by atoms with Gasteiger partial charge in [0.2, 0.25) is 0 Å². The number of rotatable bonds is 82. The molecule has 638 valence electrons. The SMILES string of the molecule is CCCCCCCCCCCCCCCCCC(=O)OCC(OC(=O)CCCCCCCCCCCCCCCCC)C(CC(O)CO)C(CC(O)CO)(CC(CO)OC(=O)CCCCCCCCCCCCCCCCC)C(CC(O)CO)(OCC(O)CO)C(CC(O)CO)(CC(O)CO)OCC(O)CO. The van der Waals surface area contributed by atoms with E-state index >= 15 is 0 Å². The third-order valence-corrected chi connectivity index (χ3v) is 21.8. The lowest BCUT2D eigenvalue weighted by molar-refractivity contribution is -0.324. The molecule has 23 heteroatoms. The summed E-state index contributed by atoms with van der Waals surface area (Å²) in [6.45, 7) is -4.92. The van der Waals surface area contributed by atoms with Crippen molar-refractivity contribution in [2.75, 3.05) is 72.7 Å². The lowest BCUT2D eigenvalue weighted by atomic mass is 9.48. The van der Waals surface area contributed by atoms with Gasteiger partial charge in [-0.15, -0.1) is 0 Å². The van der Waals surface area contributed by atoms with Crippen molar-refractivity contribution in [3.05, 3.63) is 0 Å². The highest BCUT2D eigenvalue weighted by Gasteiger charge is 2.70. The Bertz CT molecular complexity index is 1980. The maximum atomic E-state index is 14.9. The quantitative estimate of drug-likeness (QED) is 0.0153. The zero-order valence-electron chi connectivity index (χ0n) is 67.7. The van der Waals surface area contributed by atoms with Crippen LogP contribution in [0.5, 0.6) is 0 Å². The zero-order valence-corrected chi connectivity index (χ0v) is 67.7. The van der Waals surface area contributed by atoms with E-state index in [9.17, 15) is 91.0 Å². The molecular weight excluding hydrogens is 1380 g/mol. The smallest absolute Gasteiger partial charge is 0.306 e. The van der Waals surface area contributed by atoms with Crippen LogP contribution in [0.4, 0.5) is 0 Å². The summed E-state index contributed by atoms with van der Waals surface area (Å²) in [6, 6.07) is 0. The highest BCUT2D eigenvalue weighted by atomic mass is 16.6. The molecule has 0 heterocycles. The van der Waals surface area contributed by atoms with E-state index in [-0.39, 0.29) is 19.3 Å². The topological polar surface area (TPSA) is 401 Å². The fraction of sp³-hybridized carbons (Fsp3) is 0.964. The van der Waals surface area contributed by atoms with E-state index in [4.69, 9.17) is 23.7 Å². The summed E-state index contributed by atoms with van der Waals surface area (Å²) in [6.07, 6.45) is 24.3. The highest BCUT2D eigenvalue weighted by Crippen LogP contribution is 2.62. The Morgan fingerprint density at radius 1 is 0.280 bits per heavy atom. The molecule has 0 spiro atoms. The molecular formula is C84H164O23. The third kappa shape index (κ3) is 49.9. The molecule has 0 fully saturated rings. The van der Waals surface area contributed by atoms with Gasteiger partial charge >= 0.3 is 17.9 Å². The number of aliphatic hydroxyl groups is 15. The molecule has 0 saturated heterocycles. The molecule has 107 heavy (non-hydrogen) atoms. The Hall–Kier alpha value is -2.27. The Balaban J connectivity index is 8.41. The zero-order chi connectivity index (χ0) is 79.5.